The molecule has 0 fully saturated rings. The van der Waals surface area contributed by atoms with Crippen LogP contribution in [-0.4, -0.2) is 13.0 Å². The van der Waals surface area contributed by atoms with E-state index in [4.69, 9.17) is 23.2 Å². The van der Waals surface area contributed by atoms with Crippen molar-refractivity contribution in [2.75, 3.05) is 6.54 Å². The van der Waals surface area contributed by atoms with Crippen molar-refractivity contribution in [1.29, 1.82) is 0 Å². The molecule has 0 rings (SSSR count). The maximum atomic E-state index is 9.43. The quantitative estimate of drug-likeness (QED) is 0.474. The van der Waals surface area contributed by atoms with Gasteiger partial charge in [0.25, 0.3) is 0 Å². The highest BCUT2D eigenvalue weighted by Crippen LogP contribution is 2.03. The lowest BCUT2D eigenvalue weighted by atomic mass is 10.6. The third kappa shape index (κ3) is 5.79. The van der Waals surface area contributed by atoms with Crippen molar-refractivity contribution >= 4 is 29.6 Å². The fourth-order valence-electron chi connectivity index (χ4n) is 0.170. The molecule has 2 nitrogen and oxygen atoms in total. The summed E-state index contributed by atoms with van der Waals surface area (Å²) in [7, 11) is 0. The first-order chi connectivity index (χ1) is 3.77. The molecule has 0 aromatic heterocycles. The van der Waals surface area contributed by atoms with E-state index in [1.165, 1.54) is 12.5 Å². The van der Waals surface area contributed by atoms with Crippen LogP contribution in [0.15, 0.2) is 10.6 Å². The lowest BCUT2D eigenvalue weighted by molar-refractivity contribution is 0.546. The van der Waals surface area contributed by atoms with Crippen LogP contribution < -0.4 is 5.32 Å². The molecule has 0 bridgehead atoms. The fourth-order valence-corrected chi connectivity index (χ4v) is 0.324. The monoisotopic (exact) mass is 152 g/mol. The Hall–Kier alpha value is -0.210. The minimum absolute atomic E-state index is 0.146. The standard InChI is InChI=1S/C4H4Cl2NO/c5-4(6)1-2-7-3-8/h1H,2H2,(H,7,8). The summed E-state index contributed by atoms with van der Waals surface area (Å²) in [5.41, 5.74) is 0. The molecular weight excluding hydrogens is 149 g/mol. The van der Waals surface area contributed by atoms with Gasteiger partial charge in [-0.2, -0.15) is 0 Å². The zero-order valence-electron chi connectivity index (χ0n) is 3.95. The van der Waals surface area contributed by atoms with E-state index in [0.717, 1.165) is 0 Å². The largest absolute Gasteiger partial charge is 0.344 e. The van der Waals surface area contributed by atoms with Crippen molar-refractivity contribution in [2.24, 2.45) is 0 Å². The minimum atomic E-state index is 0.146. The van der Waals surface area contributed by atoms with Crippen LogP contribution in [0.5, 0.6) is 0 Å². The van der Waals surface area contributed by atoms with Gasteiger partial charge in [0.05, 0.1) is 0 Å². The minimum Gasteiger partial charge on any atom is -0.344 e. The second kappa shape index (κ2) is 4.94. The van der Waals surface area contributed by atoms with Gasteiger partial charge in [-0.3, -0.25) is 4.79 Å². The van der Waals surface area contributed by atoms with Crippen LogP contribution in [0.4, 0.5) is 0 Å². The van der Waals surface area contributed by atoms with Crippen molar-refractivity contribution in [3.05, 3.63) is 10.6 Å². The first kappa shape index (κ1) is 7.79. The maximum Gasteiger partial charge on any atom is 0.309 e. The van der Waals surface area contributed by atoms with Crippen LogP contribution in [0, 0.1) is 0 Å². The molecular formula is C4H4Cl2NO. The molecule has 1 radical (unpaired) electrons. The highest BCUT2D eigenvalue weighted by atomic mass is 35.5. The van der Waals surface area contributed by atoms with Crippen molar-refractivity contribution < 1.29 is 4.79 Å². The summed E-state index contributed by atoms with van der Waals surface area (Å²) in [6.45, 7) is 0.325. The molecule has 45 valence electrons. The number of rotatable bonds is 3. The van der Waals surface area contributed by atoms with Crippen molar-refractivity contribution in [3.63, 3.8) is 0 Å². The summed E-state index contributed by atoms with van der Waals surface area (Å²) in [6, 6.07) is 0. The van der Waals surface area contributed by atoms with Crippen LogP contribution in [0.3, 0.4) is 0 Å². The predicted molar refractivity (Wildman–Crippen MR) is 33.5 cm³/mol. The second-order valence-corrected chi connectivity index (χ2v) is 1.98. The van der Waals surface area contributed by atoms with Crippen LogP contribution >= 0.6 is 23.2 Å². The Labute approximate surface area is 57.5 Å². The topological polar surface area (TPSA) is 29.1 Å². The number of amides is 1. The van der Waals surface area contributed by atoms with E-state index < -0.39 is 0 Å². The number of hydrogen-bond donors (Lipinski definition) is 1. The van der Waals surface area contributed by atoms with Gasteiger partial charge in [-0.1, -0.05) is 23.2 Å². The average Bonchev–Trinajstić information content (AvgIpc) is 1.66. The predicted octanol–water partition coefficient (Wildman–Crippen LogP) is 0.962. The van der Waals surface area contributed by atoms with Gasteiger partial charge in [-0.05, 0) is 6.08 Å². The van der Waals surface area contributed by atoms with Crippen LogP contribution in [-0.2, 0) is 4.79 Å². The summed E-state index contributed by atoms with van der Waals surface area (Å²) in [5.74, 6) is 0. The average molecular weight is 153 g/mol. The summed E-state index contributed by atoms with van der Waals surface area (Å²) in [5, 5.41) is 2.23. The number of nitrogens with one attached hydrogen (secondary N) is 1. The van der Waals surface area contributed by atoms with E-state index in [1.54, 1.807) is 0 Å². The first-order valence-corrected chi connectivity index (χ1v) is 2.64. The summed E-state index contributed by atoms with van der Waals surface area (Å²) in [4.78, 5) is 9.43. The molecule has 0 atom stereocenters. The van der Waals surface area contributed by atoms with Gasteiger partial charge in [0.2, 0.25) is 0 Å². The van der Waals surface area contributed by atoms with E-state index >= 15 is 0 Å². The molecule has 0 unspecified atom stereocenters. The molecule has 0 aliphatic heterocycles. The highest BCUT2D eigenvalue weighted by Gasteiger charge is 1.79. The Morgan fingerprint density at radius 3 is 2.75 bits per heavy atom. The van der Waals surface area contributed by atoms with Crippen LogP contribution in [0.25, 0.3) is 0 Å². The van der Waals surface area contributed by atoms with Crippen molar-refractivity contribution in [2.45, 2.75) is 0 Å². The van der Waals surface area contributed by atoms with E-state index in [2.05, 4.69) is 5.32 Å². The molecule has 0 spiro atoms. The zero-order valence-corrected chi connectivity index (χ0v) is 5.46. The molecule has 0 saturated heterocycles. The Bertz CT molecular complexity index is 98.2. The normalized spacial score (nSPS) is 7.75. The highest BCUT2D eigenvalue weighted by molar-refractivity contribution is 6.55. The van der Waals surface area contributed by atoms with Gasteiger partial charge in [-0.15, -0.1) is 0 Å². The van der Waals surface area contributed by atoms with E-state index in [1.807, 2.05) is 0 Å². The summed E-state index contributed by atoms with van der Waals surface area (Å²) >= 11 is 10.3. The van der Waals surface area contributed by atoms with Crippen LogP contribution in [0.1, 0.15) is 0 Å². The Balaban J connectivity index is 3.15. The van der Waals surface area contributed by atoms with E-state index in [0.29, 0.717) is 6.54 Å². The van der Waals surface area contributed by atoms with Crippen molar-refractivity contribution in [3.8, 4) is 0 Å². The Kier molecular flexibility index (Phi) is 4.81. The molecule has 1 N–H and O–H groups in total. The van der Waals surface area contributed by atoms with Gasteiger partial charge < -0.3 is 5.32 Å². The molecule has 0 saturated carbocycles. The van der Waals surface area contributed by atoms with E-state index in [-0.39, 0.29) is 4.49 Å². The first-order valence-electron chi connectivity index (χ1n) is 1.88. The van der Waals surface area contributed by atoms with Gasteiger partial charge in [0.1, 0.15) is 4.49 Å². The van der Waals surface area contributed by atoms with Gasteiger partial charge >= 0.3 is 6.41 Å². The van der Waals surface area contributed by atoms with Gasteiger partial charge in [-0.25, -0.2) is 0 Å². The van der Waals surface area contributed by atoms with Crippen molar-refractivity contribution in [1.82, 2.24) is 5.32 Å². The molecule has 0 aromatic carbocycles. The molecule has 4 heteroatoms. The summed E-state index contributed by atoms with van der Waals surface area (Å²) in [6.07, 6.45) is 2.91. The second-order valence-electron chi connectivity index (χ2n) is 0.977. The smallest absolute Gasteiger partial charge is 0.309 e. The molecule has 0 aromatic rings. The molecule has 1 amide bonds. The fraction of sp³-hybridized carbons (Fsp3) is 0.250. The summed E-state index contributed by atoms with van der Waals surface area (Å²) < 4.78 is 0.146. The molecule has 8 heavy (non-hydrogen) atoms. The van der Waals surface area contributed by atoms with Gasteiger partial charge in [0, 0.05) is 6.54 Å². The third-order valence-corrected chi connectivity index (χ3v) is 0.739. The zero-order chi connectivity index (χ0) is 6.41. The third-order valence-electron chi connectivity index (χ3n) is 0.431. The number of hydrogen-bond acceptors (Lipinski definition) is 1. The van der Waals surface area contributed by atoms with Crippen LogP contribution in [0.2, 0.25) is 0 Å². The number of carbonyl (C=O) groups excluding carboxylic acids is 1. The number of halogens is 2. The SMILES string of the molecule is O=[C]NCC=C(Cl)Cl. The molecule has 0 aliphatic rings. The lowest BCUT2D eigenvalue weighted by Gasteiger charge is -1.84. The molecule has 0 heterocycles. The molecule has 0 aliphatic carbocycles. The Morgan fingerprint density at radius 1 is 1.75 bits per heavy atom. The maximum absolute atomic E-state index is 9.43. The van der Waals surface area contributed by atoms with Gasteiger partial charge in [0.15, 0.2) is 0 Å². The van der Waals surface area contributed by atoms with E-state index in [9.17, 15) is 4.79 Å². The Morgan fingerprint density at radius 2 is 2.38 bits per heavy atom. The lowest BCUT2D eigenvalue weighted by Crippen LogP contribution is -2.09.